The van der Waals surface area contributed by atoms with Crippen LogP contribution in [-0.4, -0.2) is 95.8 Å². The Morgan fingerprint density at radius 1 is 1.07 bits per heavy atom. The minimum Gasteiger partial charge on any atom is -0.508 e. The number of phenols is 1. The summed E-state index contributed by atoms with van der Waals surface area (Å²) in [7, 11) is 2.97. The molecular formula is C25H25ClN2O12. The first-order valence-electron chi connectivity index (χ1n) is 11.5. The number of benzene rings is 1. The number of rotatable bonds is 4. The van der Waals surface area contributed by atoms with Gasteiger partial charge in [0.05, 0.1) is 17.7 Å². The van der Waals surface area contributed by atoms with E-state index in [0.717, 1.165) is 0 Å². The van der Waals surface area contributed by atoms with Crippen molar-refractivity contribution in [3.05, 3.63) is 57.3 Å². The van der Waals surface area contributed by atoms with Gasteiger partial charge in [0.1, 0.15) is 22.8 Å². The van der Waals surface area contributed by atoms with Crippen LogP contribution in [0.15, 0.2) is 41.2 Å². The predicted molar refractivity (Wildman–Crippen MR) is 135 cm³/mol. The molecule has 1 aromatic carbocycles. The number of aromatic hydroxyl groups is 1. The van der Waals surface area contributed by atoms with Gasteiger partial charge in [-0.2, -0.15) is 0 Å². The highest BCUT2D eigenvalue weighted by Crippen LogP contribution is 2.56. The van der Waals surface area contributed by atoms with E-state index in [2.05, 4.69) is 0 Å². The van der Waals surface area contributed by atoms with Crippen molar-refractivity contribution >= 4 is 46.8 Å². The van der Waals surface area contributed by atoms with Crippen molar-refractivity contribution in [1.29, 1.82) is 0 Å². The van der Waals surface area contributed by atoms with Crippen molar-refractivity contribution in [2.75, 3.05) is 14.1 Å². The standard InChI is InChI=1S/C21H21ClN2O8.C4H4O4/c1-24(2)14-7-5-6-10(16(27)12-9(25)4-3-8(22)11(12)15(6)26)18(29)21(7,32)19(30)13(17(14)28)20(23)31;5-3(6)1-2-4(7)8/h3-4,6-7,14-15,25-27,30,32H,5H2,1-2H3,(H2,23,31);1-2H,(H,5,6)(H,7,8)/t6-,7+,14-,15-,21-;/m0./s1. The first-order valence-corrected chi connectivity index (χ1v) is 11.8. The maximum atomic E-state index is 13.6. The van der Waals surface area contributed by atoms with Crippen LogP contribution in [0.3, 0.4) is 0 Å². The van der Waals surface area contributed by atoms with Gasteiger partial charge in [0, 0.05) is 40.1 Å². The van der Waals surface area contributed by atoms with E-state index in [-0.39, 0.29) is 22.6 Å². The van der Waals surface area contributed by atoms with E-state index in [4.69, 9.17) is 27.5 Å². The molecule has 0 aliphatic heterocycles. The number of nitrogens with two attached hydrogens (primary N) is 1. The van der Waals surface area contributed by atoms with E-state index in [0.29, 0.717) is 12.2 Å². The van der Waals surface area contributed by atoms with Crippen LogP contribution in [0.5, 0.6) is 5.75 Å². The molecule has 1 saturated carbocycles. The van der Waals surface area contributed by atoms with Crippen LogP contribution in [0.2, 0.25) is 5.02 Å². The minimum absolute atomic E-state index is 0.00251. The zero-order valence-corrected chi connectivity index (χ0v) is 21.7. The van der Waals surface area contributed by atoms with E-state index >= 15 is 0 Å². The Balaban J connectivity index is 0.000000482. The summed E-state index contributed by atoms with van der Waals surface area (Å²) in [5, 5.41) is 70.0. The molecule has 14 nitrogen and oxygen atoms in total. The SMILES string of the molecule is CN(C)[C@@H]1C(=O)C(C(N)=O)=C(O)[C@@]2(O)C(=O)C3=C(O)c4c(O)ccc(Cl)c4[C@@H](O)[C@H]3C[C@H]12.O=C(O)C=CC(=O)O. The van der Waals surface area contributed by atoms with Crippen LogP contribution in [0.1, 0.15) is 23.7 Å². The number of phenolic OH excluding ortho intramolecular Hbond substituents is 1. The Labute approximate surface area is 230 Å². The second kappa shape index (κ2) is 10.7. The number of carboxylic acids is 2. The summed E-state index contributed by atoms with van der Waals surface area (Å²) in [6, 6.07) is 1.25. The number of ketones is 2. The molecule has 0 bridgehead atoms. The highest BCUT2D eigenvalue weighted by molar-refractivity contribution is 6.32. The van der Waals surface area contributed by atoms with Crippen LogP contribution in [0, 0.1) is 11.8 Å². The molecule has 1 aromatic rings. The largest absolute Gasteiger partial charge is 0.508 e. The number of carbonyl (C=O) groups is 5. The fourth-order valence-corrected chi connectivity index (χ4v) is 5.65. The van der Waals surface area contributed by atoms with Crippen LogP contribution in [0.25, 0.3) is 5.76 Å². The van der Waals surface area contributed by atoms with Gasteiger partial charge in [0.15, 0.2) is 11.4 Å². The molecule has 0 heterocycles. The van der Waals surface area contributed by atoms with Crippen molar-refractivity contribution in [2.45, 2.75) is 24.2 Å². The van der Waals surface area contributed by atoms with Crippen molar-refractivity contribution in [2.24, 2.45) is 17.6 Å². The normalized spacial score (nSPS) is 27.6. The Hall–Kier alpha value is -4.24. The topological polar surface area (TPSA) is 256 Å². The molecule has 9 N–H and O–H groups in total. The zero-order valence-electron chi connectivity index (χ0n) is 20.9. The highest BCUT2D eigenvalue weighted by Gasteiger charge is 2.65. The number of nitrogens with zero attached hydrogens (tertiary/aromatic N) is 1. The fourth-order valence-electron chi connectivity index (χ4n) is 5.38. The average molecular weight is 581 g/mol. The third-order valence-corrected chi connectivity index (χ3v) is 7.34. The molecule has 3 aliphatic carbocycles. The lowest BCUT2D eigenvalue weighted by Gasteiger charge is -2.51. The van der Waals surface area contributed by atoms with Gasteiger partial charge in [0.2, 0.25) is 5.78 Å². The number of aliphatic carboxylic acids is 2. The molecule has 214 valence electrons. The number of hydrogen-bond donors (Lipinski definition) is 8. The molecule has 15 heteroatoms. The van der Waals surface area contributed by atoms with Gasteiger partial charge in [-0.3, -0.25) is 19.3 Å². The number of amides is 1. The second-order valence-corrected chi connectivity index (χ2v) is 9.88. The smallest absolute Gasteiger partial charge is 0.328 e. The Morgan fingerprint density at radius 2 is 1.62 bits per heavy atom. The van der Waals surface area contributed by atoms with Gasteiger partial charge in [-0.05, 0) is 32.6 Å². The Morgan fingerprint density at radius 3 is 2.10 bits per heavy atom. The molecular weight excluding hydrogens is 556 g/mol. The third-order valence-electron chi connectivity index (χ3n) is 7.01. The summed E-state index contributed by atoms with van der Waals surface area (Å²) >= 11 is 6.19. The first-order chi connectivity index (χ1) is 18.5. The number of aliphatic hydroxyl groups excluding tert-OH is 3. The van der Waals surface area contributed by atoms with Crippen LogP contribution < -0.4 is 5.73 Å². The lowest BCUT2D eigenvalue weighted by atomic mass is 9.57. The molecule has 0 radical (unpaired) electrons. The molecule has 40 heavy (non-hydrogen) atoms. The minimum atomic E-state index is -2.77. The van der Waals surface area contributed by atoms with Crippen LogP contribution in [-0.2, 0) is 24.0 Å². The molecule has 1 amide bonds. The molecule has 0 unspecified atom stereocenters. The molecule has 0 spiro atoms. The summed E-state index contributed by atoms with van der Waals surface area (Å²) < 4.78 is 0. The Kier molecular flexibility index (Phi) is 8.13. The Bertz CT molecular complexity index is 1410. The first kappa shape index (κ1) is 30.3. The number of halogens is 1. The number of hydrogen-bond acceptors (Lipinski definition) is 11. The van der Waals surface area contributed by atoms with Gasteiger partial charge in [-0.25, -0.2) is 9.59 Å². The number of carbonyl (C=O) groups excluding carboxylic acids is 3. The highest BCUT2D eigenvalue weighted by atomic mass is 35.5. The van der Waals surface area contributed by atoms with Crippen molar-refractivity contribution < 1.29 is 59.7 Å². The second-order valence-electron chi connectivity index (χ2n) is 9.48. The van der Waals surface area contributed by atoms with Gasteiger partial charge < -0.3 is 41.5 Å². The maximum absolute atomic E-state index is 13.6. The molecule has 3 aliphatic rings. The average Bonchev–Trinajstić information content (AvgIpc) is 2.84. The maximum Gasteiger partial charge on any atom is 0.328 e. The lowest BCUT2D eigenvalue weighted by Crippen LogP contribution is -2.66. The van der Waals surface area contributed by atoms with E-state index in [1.165, 1.54) is 31.1 Å². The number of fused-ring (bicyclic) bond motifs is 3. The van der Waals surface area contributed by atoms with Gasteiger partial charge in [0.25, 0.3) is 5.91 Å². The molecule has 1 fully saturated rings. The van der Waals surface area contributed by atoms with Crippen molar-refractivity contribution in [3.63, 3.8) is 0 Å². The summed E-state index contributed by atoms with van der Waals surface area (Å²) in [4.78, 5) is 58.9. The molecule has 4 rings (SSSR count). The number of Topliss-reactive ketones (excluding diaryl/α,β-unsaturated/α-hetero) is 2. The lowest BCUT2D eigenvalue weighted by molar-refractivity contribution is -0.156. The quantitative estimate of drug-likeness (QED) is 0.170. The summed E-state index contributed by atoms with van der Waals surface area (Å²) in [6.45, 7) is 0. The third kappa shape index (κ3) is 4.70. The number of carboxylic acid groups (broad SMARTS) is 2. The number of likely N-dealkylation sites (N-methyl/N-ethyl adjacent to an activating group) is 1. The van der Waals surface area contributed by atoms with Crippen molar-refractivity contribution in [3.8, 4) is 5.75 Å². The molecule has 5 atom stereocenters. The number of primary amides is 1. The molecule has 0 aromatic heterocycles. The van der Waals surface area contributed by atoms with Crippen LogP contribution in [0.4, 0.5) is 0 Å². The van der Waals surface area contributed by atoms with Gasteiger partial charge >= 0.3 is 11.9 Å². The summed E-state index contributed by atoms with van der Waals surface area (Å²) in [5.74, 6) is -10.7. The fraction of sp³-hybridized carbons (Fsp3) is 0.320. The van der Waals surface area contributed by atoms with E-state index in [1.807, 2.05) is 0 Å². The molecule has 0 saturated heterocycles. The van der Waals surface area contributed by atoms with Crippen LogP contribution >= 0.6 is 11.6 Å². The number of aliphatic hydroxyl groups is 4. The van der Waals surface area contributed by atoms with E-state index < -0.39 is 87.4 Å². The monoisotopic (exact) mass is 580 g/mol. The van der Waals surface area contributed by atoms with E-state index in [1.54, 1.807) is 0 Å². The summed E-state index contributed by atoms with van der Waals surface area (Å²) in [5.41, 5.74) is 0.845. The zero-order chi connectivity index (χ0) is 30.4. The predicted octanol–water partition coefficient (Wildman–Crippen LogP) is -0.180. The van der Waals surface area contributed by atoms with Crippen molar-refractivity contribution in [1.82, 2.24) is 4.90 Å². The van der Waals surface area contributed by atoms with Gasteiger partial charge in [-0.1, -0.05) is 11.6 Å². The van der Waals surface area contributed by atoms with E-state index in [9.17, 15) is 49.5 Å². The summed E-state index contributed by atoms with van der Waals surface area (Å²) in [6.07, 6.45) is -0.589. The van der Waals surface area contributed by atoms with Gasteiger partial charge in [-0.15, -0.1) is 0 Å².